The Hall–Kier alpha value is -0.990. The van der Waals surface area contributed by atoms with Gasteiger partial charge in [0, 0.05) is 18.8 Å². The standard InChI is InChI=1S/C8H14O2.C7H14O.CH4/c1-4-8(7(3)10)5-6(2)9;1-6(2)4-5-7(3)8;/h8H,4-5H2,1-3H3;6H,4-5H2,1-3H3;1H4/t8-;;/m1../s1. The molecule has 3 nitrogen and oxygen atoms in total. The molecule has 0 rings (SSSR count). The van der Waals surface area contributed by atoms with E-state index in [1.807, 2.05) is 6.92 Å². The molecule has 0 aromatic heterocycles. The Bertz CT molecular complexity index is 267. The van der Waals surface area contributed by atoms with E-state index < -0.39 is 0 Å². The molecular weight excluding hydrogens is 240 g/mol. The van der Waals surface area contributed by atoms with Crippen LogP contribution in [-0.2, 0) is 14.4 Å². The Labute approximate surface area is 119 Å². The Morgan fingerprint density at radius 2 is 1.42 bits per heavy atom. The van der Waals surface area contributed by atoms with Gasteiger partial charge in [0.15, 0.2) is 0 Å². The van der Waals surface area contributed by atoms with Gasteiger partial charge in [0.2, 0.25) is 0 Å². The van der Waals surface area contributed by atoms with E-state index in [4.69, 9.17) is 0 Å². The molecule has 1 atom stereocenters. The molecular formula is C16H32O3. The van der Waals surface area contributed by atoms with Gasteiger partial charge in [-0.05, 0) is 39.5 Å². The van der Waals surface area contributed by atoms with Crippen molar-refractivity contribution >= 4 is 17.3 Å². The summed E-state index contributed by atoms with van der Waals surface area (Å²) in [6.07, 6.45) is 2.97. The van der Waals surface area contributed by atoms with Gasteiger partial charge < -0.3 is 9.59 Å². The SMILES string of the molecule is C.CC(=O)CCC(C)C.CC[C@H](CC(C)=O)C(C)=O. The van der Waals surface area contributed by atoms with E-state index in [1.165, 1.54) is 13.8 Å². The zero-order chi connectivity index (χ0) is 14.7. The minimum Gasteiger partial charge on any atom is -0.300 e. The summed E-state index contributed by atoms with van der Waals surface area (Å²) in [7, 11) is 0. The van der Waals surface area contributed by atoms with Crippen LogP contribution in [0.25, 0.3) is 0 Å². The van der Waals surface area contributed by atoms with Gasteiger partial charge in [-0.2, -0.15) is 0 Å². The zero-order valence-corrected chi connectivity index (χ0v) is 12.7. The monoisotopic (exact) mass is 272 g/mol. The van der Waals surface area contributed by atoms with E-state index in [1.54, 1.807) is 6.92 Å². The zero-order valence-electron chi connectivity index (χ0n) is 12.7. The second-order valence-electron chi connectivity index (χ2n) is 5.26. The highest BCUT2D eigenvalue weighted by atomic mass is 16.1. The van der Waals surface area contributed by atoms with Gasteiger partial charge in [0.25, 0.3) is 0 Å². The lowest BCUT2D eigenvalue weighted by Gasteiger charge is -2.06. The van der Waals surface area contributed by atoms with Gasteiger partial charge in [-0.1, -0.05) is 28.2 Å². The highest BCUT2D eigenvalue weighted by molar-refractivity contribution is 5.85. The van der Waals surface area contributed by atoms with Crippen molar-refractivity contribution in [2.24, 2.45) is 11.8 Å². The van der Waals surface area contributed by atoms with Crippen LogP contribution in [0.1, 0.15) is 74.7 Å². The summed E-state index contributed by atoms with van der Waals surface area (Å²) in [6, 6.07) is 0. The van der Waals surface area contributed by atoms with Gasteiger partial charge in [-0.3, -0.25) is 4.79 Å². The highest BCUT2D eigenvalue weighted by Gasteiger charge is 2.12. The lowest BCUT2D eigenvalue weighted by atomic mass is 9.96. The van der Waals surface area contributed by atoms with Gasteiger partial charge >= 0.3 is 0 Å². The molecule has 0 aliphatic rings. The summed E-state index contributed by atoms with van der Waals surface area (Å²) in [5.74, 6) is 1.15. The Morgan fingerprint density at radius 3 is 1.53 bits per heavy atom. The Morgan fingerprint density at radius 1 is 0.947 bits per heavy atom. The number of ketones is 3. The molecule has 0 aromatic carbocycles. The second-order valence-corrected chi connectivity index (χ2v) is 5.26. The first kappa shape index (κ1) is 23.1. The minimum atomic E-state index is -0.0440. The van der Waals surface area contributed by atoms with Crippen molar-refractivity contribution in [3.63, 3.8) is 0 Å². The predicted octanol–water partition coefficient (Wildman–Crippen LogP) is 4.23. The van der Waals surface area contributed by atoms with Crippen LogP contribution in [0.15, 0.2) is 0 Å². The third-order valence-electron chi connectivity index (χ3n) is 2.68. The van der Waals surface area contributed by atoms with Crippen LogP contribution in [0.2, 0.25) is 0 Å². The maximum Gasteiger partial charge on any atom is 0.133 e. The van der Waals surface area contributed by atoms with E-state index in [9.17, 15) is 14.4 Å². The fourth-order valence-electron chi connectivity index (χ4n) is 1.41. The summed E-state index contributed by atoms with van der Waals surface area (Å²) in [5, 5.41) is 0. The van der Waals surface area contributed by atoms with Crippen molar-refractivity contribution in [1.82, 2.24) is 0 Å². The van der Waals surface area contributed by atoms with Crippen LogP contribution in [0, 0.1) is 11.8 Å². The highest BCUT2D eigenvalue weighted by Crippen LogP contribution is 2.09. The average molecular weight is 272 g/mol. The fourth-order valence-corrected chi connectivity index (χ4v) is 1.41. The summed E-state index contributed by atoms with van der Waals surface area (Å²) in [5.41, 5.74) is 0. The summed E-state index contributed by atoms with van der Waals surface area (Å²) >= 11 is 0. The Kier molecular flexibility index (Phi) is 16.4. The van der Waals surface area contributed by atoms with E-state index >= 15 is 0 Å². The van der Waals surface area contributed by atoms with Crippen LogP contribution in [0.3, 0.4) is 0 Å². The van der Waals surface area contributed by atoms with Crippen molar-refractivity contribution < 1.29 is 14.4 Å². The maximum atomic E-state index is 10.8. The number of carbonyl (C=O) groups excluding carboxylic acids is 3. The molecule has 0 spiro atoms. The molecule has 0 unspecified atom stereocenters. The first-order chi connectivity index (χ1) is 8.20. The van der Waals surface area contributed by atoms with Crippen molar-refractivity contribution in [3.05, 3.63) is 0 Å². The quantitative estimate of drug-likeness (QED) is 0.697. The number of carbonyl (C=O) groups is 3. The van der Waals surface area contributed by atoms with Gasteiger partial charge in [0.05, 0.1) is 0 Å². The predicted molar refractivity (Wildman–Crippen MR) is 81.2 cm³/mol. The molecule has 0 aromatic rings. The number of hydrogen-bond acceptors (Lipinski definition) is 3. The van der Waals surface area contributed by atoms with Crippen molar-refractivity contribution in [1.29, 1.82) is 0 Å². The fraction of sp³-hybridized carbons (Fsp3) is 0.812. The van der Waals surface area contributed by atoms with E-state index in [-0.39, 0.29) is 24.9 Å². The molecule has 0 aliphatic heterocycles. The van der Waals surface area contributed by atoms with E-state index in [2.05, 4.69) is 13.8 Å². The number of Topliss-reactive ketones (excluding diaryl/α,β-unsaturated/α-hetero) is 3. The second kappa shape index (κ2) is 13.4. The normalized spacial score (nSPS) is 10.9. The van der Waals surface area contributed by atoms with Crippen LogP contribution >= 0.6 is 0 Å². The minimum absolute atomic E-state index is 0. The molecule has 0 N–H and O–H groups in total. The third-order valence-corrected chi connectivity index (χ3v) is 2.68. The molecule has 114 valence electrons. The largest absolute Gasteiger partial charge is 0.300 e. The van der Waals surface area contributed by atoms with Crippen LogP contribution < -0.4 is 0 Å². The average Bonchev–Trinajstić information content (AvgIpc) is 2.23. The van der Waals surface area contributed by atoms with Crippen molar-refractivity contribution in [2.45, 2.75) is 74.7 Å². The lowest BCUT2D eigenvalue weighted by Crippen LogP contribution is -2.12. The Balaban J connectivity index is -0.000000262. The summed E-state index contributed by atoms with van der Waals surface area (Å²) in [4.78, 5) is 31.7. The maximum absolute atomic E-state index is 10.8. The van der Waals surface area contributed by atoms with Gasteiger partial charge in [-0.15, -0.1) is 0 Å². The van der Waals surface area contributed by atoms with Crippen LogP contribution in [0.5, 0.6) is 0 Å². The van der Waals surface area contributed by atoms with E-state index in [0.29, 0.717) is 18.1 Å². The molecule has 0 aliphatic carbocycles. The summed E-state index contributed by atoms with van der Waals surface area (Å²) < 4.78 is 0. The molecule has 0 radical (unpaired) electrons. The third kappa shape index (κ3) is 19.5. The van der Waals surface area contributed by atoms with Gasteiger partial charge in [0.1, 0.15) is 17.3 Å². The van der Waals surface area contributed by atoms with Crippen LogP contribution in [0.4, 0.5) is 0 Å². The molecule has 0 saturated heterocycles. The molecule has 19 heavy (non-hydrogen) atoms. The lowest BCUT2D eigenvalue weighted by molar-refractivity contribution is -0.125. The molecule has 0 heterocycles. The van der Waals surface area contributed by atoms with E-state index in [0.717, 1.165) is 19.3 Å². The topological polar surface area (TPSA) is 51.2 Å². The molecule has 0 fully saturated rings. The smallest absolute Gasteiger partial charge is 0.133 e. The van der Waals surface area contributed by atoms with Crippen LogP contribution in [-0.4, -0.2) is 17.3 Å². The number of rotatable bonds is 7. The molecule has 0 saturated carbocycles. The molecule has 0 bridgehead atoms. The number of hydrogen-bond donors (Lipinski definition) is 0. The van der Waals surface area contributed by atoms with Crippen molar-refractivity contribution in [2.75, 3.05) is 0 Å². The molecule has 0 amide bonds. The first-order valence-electron chi connectivity index (χ1n) is 6.69. The van der Waals surface area contributed by atoms with Gasteiger partial charge in [-0.25, -0.2) is 0 Å². The first-order valence-corrected chi connectivity index (χ1v) is 6.69. The summed E-state index contributed by atoms with van der Waals surface area (Å²) in [6.45, 7) is 10.9. The molecule has 3 heteroatoms. The van der Waals surface area contributed by atoms with Crippen molar-refractivity contribution in [3.8, 4) is 0 Å².